The van der Waals surface area contributed by atoms with Crippen LogP contribution < -0.4 is 14.4 Å². The molecular formula is C36H38F3N5O5. The van der Waals surface area contributed by atoms with E-state index in [1.807, 2.05) is 11.8 Å². The maximum Gasteiger partial charge on any atom is 0.319 e. The number of aryl methyl sites for hydroxylation is 1. The Morgan fingerprint density at radius 2 is 2.00 bits per heavy atom. The largest absolute Gasteiger partial charge is 0.481 e. The number of pyridine rings is 1. The van der Waals surface area contributed by atoms with Crippen LogP contribution in [0.1, 0.15) is 38.2 Å². The van der Waals surface area contributed by atoms with Gasteiger partial charge >= 0.3 is 12.0 Å². The number of carbonyl (C=O) groups is 1. The molecule has 13 heteroatoms. The second kappa shape index (κ2) is 12.3. The van der Waals surface area contributed by atoms with Gasteiger partial charge in [0.25, 0.3) is 0 Å². The van der Waals surface area contributed by atoms with Gasteiger partial charge in [-0.05, 0) is 78.6 Å². The first-order valence-corrected chi connectivity index (χ1v) is 16.9. The Labute approximate surface area is 281 Å². The second-order valence-electron chi connectivity index (χ2n) is 13.9. The number of hydrogen-bond acceptors (Lipinski definition) is 9. The number of nitrogens with zero attached hydrogens (tertiary/aromatic N) is 5. The molecule has 2 aromatic heterocycles. The summed E-state index contributed by atoms with van der Waals surface area (Å²) >= 11 is 0. The molecule has 4 aliphatic rings. The van der Waals surface area contributed by atoms with E-state index in [1.165, 1.54) is 19.4 Å². The first-order valence-electron chi connectivity index (χ1n) is 16.9. The molecule has 1 N–H and O–H groups in total. The maximum atomic E-state index is 17.1. The molecule has 3 unspecified atom stereocenters. The molecule has 3 aliphatic heterocycles. The number of alkyl halides is 1. The molecule has 10 nitrogen and oxygen atoms in total. The van der Waals surface area contributed by atoms with Gasteiger partial charge in [-0.25, -0.2) is 13.2 Å². The lowest BCUT2D eigenvalue weighted by Crippen LogP contribution is -2.43. The van der Waals surface area contributed by atoms with Gasteiger partial charge in [-0.1, -0.05) is 13.0 Å². The molecule has 4 fully saturated rings. The summed E-state index contributed by atoms with van der Waals surface area (Å²) in [6, 6.07) is 6.35. The molecule has 258 valence electrons. The van der Waals surface area contributed by atoms with Crippen LogP contribution in [-0.4, -0.2) is 89.3 Å². The maximum absolute atomic E-state index is 17.1. The highest BCUT2D eigenvalue weighted by molar-refractivity contribution is 6.02. The lowest BCUT2D eigenvalue weighted by Gasteiger charge is -2.35. The van der Waals surface area contributed by atoms with Crippen LogP contribution in [0.2, 0.25) is 0 Å². The van der Waals surface area contributed by atoms with Crippen molar-refractivity contribution < 1.29 is 37.3 Å². The predicted molar refractivity (Wildman–Crippen MR) is 176 cm³/mol. The number of aromatic nitrogens is 3. The van der Waals surface area contributed by atoms with Crippen molar-refractivity contribution in [3.05, 3.63) is 47.7 Å². The minimum absolute atomic E-state index is 0.0274. The number of fused-ring (bicyclic) bond motifs is 4. The third kappa shape index (κ3) is 5.32. The predicted octanol–water partition coefficient (Wildman–Crippen LogP) is 5.78. The zero-order valence-corrected chi connectivity index (χ0v) is 27.4. The lowest BCUT2D eigenvalue weighted by atomic mass is 9.67. The molecule has 2 aromatic carbocycles. The standard InChI is InChI=1S/C36H38F3N5O5/c1-3-23-28(38)6-5-19-9-22(49-18-47-2)11-25(29(19)23)31-30(39)32-26(13-40-31)33(43-14-20-10-24(34(45)46)27(20)16-43)42-35(41-32)48-17-36-7-4-8-44(36)15-21(37)12-36/h5-6,9,11,13,20-21,24,27H,3-4,7-8,10,12,14-18H2,1-2H3,(H,45,46)/t20?,21-,24?,27?,36+/m1/s1. The molecule has 1 saturated carbocycles. The number of carboxylic acid groups (broad SMARTS) is 1. The van der Waals surface area contributed by atoms with Gasteiger partial charge < -0.3 is 24.2 Å². The molecule has 0 amide bonds. The Hall–Kier alpha value is -4.23. The molecule has 4 aromatic rings. The van der Waals surface area contributed by atoms with Crippen molar-refractivity contribution in [1.82, 2.24) is 19.9 Å². The molecular weight excluding hydrogens is 639 g/mol. The van der Waals surface area contributed by atoms with E-state index in [9.17, 15) is 14.3 Å². The summed E-state index contributed by atoms with van der Waals surface area (Å²) in [4.78, 5) is 29.9. The molecule has 3 saturated heterocycles. The topological polar surface area (TPSA) is 110 Å². The van der Waals surface area contributed by atoms with Crippen molar-refractivity contribution in [3.8, 4) is 23.0 Å². The molecule has 0 radical (unpaired) electrons. The number of ether oxygens (including phenoxy) is 3. The minimum atomic E-state index is -0.943. The fraction of sp³-hybridized carbons (Fsp3) is 0.500. The summed E-state index contributed by atoms with van der Waals surface area (Å²) in [5.41, 5.74) is 0.221. The Balaban J connectivity index is 1.26. The van der Waals surface area contributed by atoms with Crippen molar-refractivity contribution in [1.29, 1.82) is 0 Å². The van der Waals surface area contributed by atoms with Crippen molar-refractivity contribution >= 4 is 33.5 Å². The molecule has 1 aliphatic carbocycles. The van der Waals surface area contributed by atoms with Gasteiger partial charge in [0.2, 0.25) is 0 Å². The monoisotopic (exact) mass is 677 g/mol. The normalized spacial score (nSPS) is 26.3. The first kappa shape index (κ1) is 32.0. The van der Waals surface area contributed by atoms with Gasteiger partial charge in [-0.2, -0.15) is 9.97 Å². The van der Waals surface area contributed by atoms with E-state index in [1.54, 1.807) is 18.2 Å². The van der Waals surface area contributed by atoms with Crippen molar-refractivity contribution in [2.75, 3.05) is 51.6 Å². The number of carboxylic acids is 1. The van der Waals surface area contributed by atoms with Crippen LogP contribution in [0.25, 0.3) is 32.9 Å². The Kier molecular flexibility index (Phi) is 8.02. The van der Waals surface area contributed by atoms with E-state index in [4.69, 9.17) is 19.2 Å². The molecule has 5 atom stereocenters. The SMILES string of the molecule is CCc1c(F)ccc2cc(OCOC)cc(-c3ncc4c(N5CC6CC(C(=O)O)C6C5)nc(OC[C@@]56CCCN5C[C@H](F)C6)nc4c3F)c12. The summed E-state index contributed by atoms with van der Waals surface area (Å²) in [5, 5.41) is 11.2. The van der Waals surface area contributed by atoms with Crippen LogP contribution in [0.5, 0.6) is 11.8 Å². The van der Waals surface area contributed by atoms with Gasteiger partial charge in [-0.15, -0.1) is 0 Å². The molecule has 0 spiro atoms. The second-order valence-corrected chi connectivity index (χ2v) is 13.9. The van der Waals surface area contributed by atoms with Gasteiger partial charge in [-0.3, -0.25) is 14.7 Å². The Bertz CT molecular complexity index is 1960. The summed E-state index contributed by atoms with van der Waals surface area (Å²) in [6.07, 6.45) is 3.59. The van der Waals surface area contributed by atoms with Crippen LogP contribution in [-0.2, 0) is 16.0 Å². The van der Waals surface area contributed by atoms with Gasteiger partial charge in [0.15, 0.2) is 12.6 Å². The van der Waals surface area contributed by atoms with Crippen LogP contribution >= 0.6 is 0 Å². The summed E-state index contributed by atoms with van der Waals surface area (Å²) in [5.74, 6) is -1.44. The number of anilines is 1. The molecule has 0 bridgehead atoms. The van der Waals surface area contributed by atoms with E-state index in [-0.39, 0.29) is 42.5 Å². The fourth-order valence-electron chi connectivity index (χ4n) is 8.76. The number of aliphatic carboxylic acids is 1. The zero-order chi connectivity index (χ0) is 34.0. The highest BCUT2D eigenvalue weighted by atomic mass is 19.1. The van der Waals surface area contributed by atoms with Crippen molar-refractivity contribution in [2.45, 2.75) is 50.7 Å². The van der Waals surface area contributed by atoms with Crippen LogP contribution in [0.3, 0.4) is 0 Å². The molecule has 8 rings (SSSR count). The lowest BCUT2D eigenvalue weighted by molar-refractivity contribution is -0.149. The Morgan fingerprint density at radius 1 is 1.14 bits per heavy atom. The van der Waals surface area contributed by atoms with E-state index in [0.717, 1.165) is 19.4 Å². The van der Waals surface area contributed by atoms with E-state index >= 15 is 8.78 Å². The highest BCUT2D eigenvalue weighted by Crippen LogP contribution is 2.48. The average Bonchev–Trinajstić information content (AvgIpc) is 3.72. The molecule has 49 heavy (non-hydrogen) atoms. The highest BCUT2D eigenvalue weighted by Gasteiger charge is 2.51. The zero-order valence-electron chi connectivity index (χ0n) is 27.4. The van der Waals surface area contributed by atoms with Gasteiger partial charge in [0.05, 0.1) is 16.8 Å². The van der Waals surface area contributed by atoms with E-state index in [2.05, 4.69) is 14.9 Å². The van der Waals surface area contributed by atoms with Crippen molar-refractivity contribution in [3.63, 3.8) is 0 Å². The number of halogens is 3. The third-order valence-corrected chi connectivity index (χ3v) is 11.2. The van der Waals surface area contributed by atoms with E-state index < -0.39 is 35.2 Å². The smallest absolute Gasteiger partial charge is 0.319 e. The van der Waals surface area contributed by atoms with Crippen LogP contribution in [0, 0.1) is 29.4 Å². The van der Waals surface area contributed by atoms with Gasteiger partial charge in [0.1, 0.15) is 41.4 Å². The average molecular weight is 678 g/mol. The number of hydrogen-bond donors (Lipinski definition) is 1. The van der Waals surface area contributed by atoms with Crippen LogP contribution in [0.15, 0.2) is 30.5 Å². The van der Waals surface area contributed by atoms with Gasteiger partial charge in [0, 0.05) is 44.9 Å². The number of rotatable bonds is 10. The van der Waals surface area contributed by atoms with E-state index in [0.29, 0.717) is 77.7 Å². The first-order chi connectivity index (χ1) is 23.7. The number of methoxy groups -OCH3 is 1. The minimum Gasteiger partial charge on any atom is -0.481 e. The summed E-state index contributed by atoms with van der Waals surface area (Å²) < 4.78 is 63.8. The van der Waals surface area contributed by atoms with Crippen LogP contribution in [0.4, 0.5) is 19.0 Å². The Morgan fingerprint density at radius 3 is 2.80 bits per heavy atom. The molecule has 5 heterocycles. The summed E-state index contributed by atoms with van der Waals surface area (Å²) in [6.45, 7) is 4.11. The summed E-state index contributed by atoms with van der Waals surface area (Å²) in [7, 11) is 1.49. The van der Waals surface area contributed by atoms with Crippen molar-refractivity contribution in [2.24, 2.45) is 17.8 Å². The fourth-order valence-corrected chi connectivity index (χ4v) is 8.76. The number of benzene rings is 2. The quantitative estimate of drug-likeness (QED) is 0.208. The third-order valence-electron chi connectivity index (χ3n) is 11.2.